The summed E-state index contributed by atoms with van der Waals surface area (Å²) in [6.45, 7) is 20.1. The molecule has 1 aliphatic heterocycles. The summed E-state index contributed by atoms with van der Waals surface area (Å²) in [7, 11) is 0. The first kappa shape index (κ1) is 29.0. The van der Waals surface area contributed by atoms with E-state index in [1.165, 1.54) is 16.7 Å². The first-order chi connectivity index (χ1) is 18.7. The van der Waals surface area contributed by atoms with E-state index in [1.807, 2.05) is 24.4 Å². The van der Waals surface area contributed by atoms with E-state index in [1.54, 1.807) is 23.2 Å². The van der Waals surface area contributed by atoms with Crippen LogP contribution in [0.25, 0.3) is 16.7 Å². The highest BCUT2D eigenvalue weighted by Gasteiger charge is 2.19. The highest BCUT2D eigenvalue weighted by molar-refractivity contribution is 5.74. The smallest absolute Gasteiger partial charge is 0.231 e. The summed E-state index contributed by atoms with van der Waals surface area (Å²) < 4.78 is 12.4. The minimum absolute atomic E-state index is 0.167. The zero-order chi connectivity index (χ0) is 29.1. The van der Waals surface area contributed by atoms with E-state index in [0.29, 0.717) is 6.79 Å². The Kier molecular flexibility index (Phi) is 8.15. The van der Waals surface area contributed by atoms with Crippen molar-refractivity contribution in [2.45, 2.75) is 78.6 Å². The molecule has 0 fully saturated rings. The van der Waals surface area contributed by atoms with Crippen LogP contribution in [0.3, 0.4) is 0 Å². The third kappa shape index (κ3) is 7.14. The van der Waals surface area contributed by atoms with Crippen molar-refractivity contribution in [3.05, 3.63) is 90.1 Å². The van der Waals surface area contributed by atoms with E-state index in [-0.39, 0.29) is 16.2 Å². The number of hydrogen-bond acceptors (Lipinski definition) is 6. The molecule has 0 aliphatic carbocycles. The predicted molar refractivity (Wildman–Crippen MR) is 161 cm³/mol. The van der Waals surface area contributed by atoms with Crippen LogP contribution >= 0.6 is 0 Å². The molecule has 0 bridgehead atoms. The summed E-state index contributed by atoms with van der Waals surface area (Å²) in [6, 6.07) is 16.5. The number of benzene rings is 2. The number of nitrogens with zero attached hydrogens (tertiary/aromatic N) is 5. The van der Waals surface area contributed by atoms with Gasteiger partial charge in [0.1, 0.15) is 6.33 Å². The van der Waals surface area contributed by atoms with E-state index in [9.17, 15) is 0 Å². The summed E-state index contributed by atoms with van der Waals surface area (Å²) >= 11 is 0. The van der Waals surface area contributed by atoms with Crippen LogP contribution in [-0.2, 0) is 16.2 Å². The molecule has 7 nitrogen and oxygen atoms in total. The van der Waals surface area contributed by atoms with Crippen molar-refractivity contribution in [1.82, 2.24) is 24.6 Å². The Morgan fingerprint density at radius 2 is 1.18 bits per heavy atom. The maximum absolute atomic E-state index is 5.31. The molecule has 0 atom stereocenters. The number of fused-ring (bicyclic) bond motifs is 3. The molecule has 0 spiro atoms. The lowest BCUT2D eigenvalue weighted by atomic mass is 9.87. The fraction of sp³-hybridized carbons (Fsp3) is 0.394. The maximum atomic E-state index is 5.31. The molecule has 5 aromatic rings. The normalized spacial score (nSPS) is 12.9. The van der Waals surface area contributed by atoms with Crippen LogP contribution in [0.1, 0.15) is 79.0 Å². The van der Waals surface area contributed by atoms with Crippen molar-refractivity contribution >= 4 is 16.7 Å². The van der Waals surface area contributed by atoms with E-state index in [2.05, 4.69) is 113 Å². The number of rotatable bonds is 0. The van der Waals surface area contributed by atoms with Crippen LogP contribution in [0.4, 0.5) is 0 Å². The van der Waals surface area contributed by atoms with Gasteiger partial charge in [0.25, 0.3) is 0 Å². The molecule has 0 saturated carbocycles. The first-order valence-corrected chi connectivity index (χ1v) is 13.6. The standard InChI is InChI=1S/C12H14N2.C11H14O2.C10H13N3/c1-12(2,3)9-4-5-10-11(8-9)14-7-6-13-10;1-11(2,3)8-4-5-9-10(6-8)13-7-12-9;1-10(2,3)8-4-5-9-11-7-12-13(9)6-8/h4-8H,1-3H3;4-6H,7H2,1-3H3;4-7H,1-3H3. The molecule has 1 aliphatic rings. The van der Waals surface area contributed by atoms with Crippen LogP contribution in [0.15, 0.2) is 73.4 Å². The van der Waals surface area contributed by atoms with Crippen LogP contribution in [-0.4, -0.2) is 31.4 Å². The second-order valence-corrected chi connectivity index (χ2v) is 13.1. The molecule has 0 radical (unpaired) electrons. The SMILES string of the molecule is CC(C)(C)c1ccc2c(c1)OCO2.CC(C)(C)c1ccc2nccnc2c1.CC(C)(C)c1ccc2ncnn2c1. The molecular weight excluding hydrogens is 498 g/mol. The van der Waals surface area contributed by atoms with Crippen molar-refractivity contribution in [3.63, 3.8) is 0 Å². The van der Waals surface area contributed by atoms with Gasteiger partial charge in [-0.05, 0) is 63.3 Å². The molecule has 210 valence electrons. The van der Waals surface area contributed by atoms with E-state index in [0.717, 1.165) is 28.2 Å². The van der Waals surface area contributed by atoms with Gasteiger partial charge in [0, 0.05) is 18.6 Å². The third-order valence-electron chi connectivity index (χ3n) is 6.71. The van der Waals surface area contributed by atoms with Gasteiger partial charge >= 0.3 is 0 Å². The minimum Gasteiger partial charge on any atom is -0.454 e. The summed E-state index contributed by atoms with van der Waals surface area (Å²) in [5, 5.41) is 4.10. The van der Waals surface area contributed by atoms with Crippen LogP contribution < -0.4 is 9.47 Å². The van der Waals surface area contributed by atoms with Crippen LogP contribution in [0.5, 0.6) is 11.5 Å². The minimum atomic E-state index is 0.167. The molecular formula is C33H41N5O2. The molecule has 0 N–H and O–H groups in total. The summed E-state index contributed by atoms with van der Waals surface area (Å²) in [4.78, 5) is 12.6. The molecule has 2 aromatic carbocycles. The highest BCUT2D eigenvalue weighted by Crippen LogP contribution is 2.36. The Morgan fingerprint density at radius 1 is 0.600 bits per heavy atom. The first-order valence-electron chi connectivity index (χ1n) is 13.6. The monoisotopic (exact) mass is 539 g/mol. The van der Waals surface area contributed by atoms with Crippen LogP contribution in [0, 0.1) is 0 Å². The fourth-order valence-corrected chi connectivity index (χ4v) is 4.05. The second kappa shape index (κ2) is 11.2. The topological polar surface area (TPSA) is 74.4 Å². The fourth-order valence-electron chi connectivity index (χ4n) is 4.05. The van der Waals surface area contributed by atoms with Crippen molar-refractivity contribution in [2.24, 2.45) is 0 Å². The maximum Gasteiger partial charge on any atom is 0.231 e. The zero-order valence-corrected chi connectivity index (χ0v) is 25.2. The molecule has 0 unspecified atom stereocenters. The lowest BCUT2D eigenvalue weighted by molar-refractivity contribution is 0.174. The van der Waals surface area contributed by atoms with Gasteiger partial charge < -0.3 is 9.47 Å². The number of hydrogen-bond donors (Lipinski definition) is 0. The van der Waals surface area contributed by atoms with Gasteiger partial charge in [-0.2, -0.15) is 5.10 Å². The van der Waals surface area contributed by atoms with Gasteiger partial charge in [0.15, 0.2) is 17.1 Å². The Labute approximate surface area is 237 Å². The number of ether oxygens (including phenoxy) is 2. The average Bonchev–Trinajstić information content (AvgIpc) is 3.56. The molecule has 4 heterocycles. The summed E-state index contributed by atoms with van der Waals surface area (Å²) in [6.07, 6.45) is 7.05. The van der Waals surface area contributed by atoms with Crippen LogP contribution in [0.2, 0.25) is 0 Å². The molecule has 40 heavy (non-hydrogen) atoms. The lowest BCUT2D eigenvalue weighted by Crippen LogP contribution is -2.12. The van der Waals surface area contributed by atoms with Gasteiger partial charge in [0.05, 0.1) is 11.0 Å². The molecule has 6 rings (SSSR count). The summed E-state index contributed by atoms with van der Waals surface area (Å²) in [5.41, 5.74) is 7.17. The average molecular weight is 540 g/mol. The van der Waals surface area contributed by atoms with Crippen molar-refractivity contribution in [1.29, 1.82) is 0 Å². The third-order valence-corrected chi connectivity index (χ3v) is 6.71. The largest absolute Gasteiger partial charge is 0.454 e. The van der Waals surface area contributed by atoms with Gasteiger partial charge in [0.2, 0.25) is 6.79 Å². The van der Waals surface area contributed by atoms with Gasteiger partial charge in [-0.25, -0.2) is 9.50 Å². The summed E-state index contributed by atoms with van der Waals surface area (Å²) in [5.74, 6) is 1.72. The number of aromatic nitrogens is 5. The van der Waals surface area contributed by atoms with Gasteiger partial charge in [-0.15, -0.1) is 0 Å². The van der Waals surface area contributed by atoms with E-state index >= 15 is 0 Å². The van der Waals surface area contributed by atoms with Gasteiger partial charge in [-0.3, -0.25) is 9.97 Å². The molecule has 7 heteroatoms. The Morgan fingerprint density at radius 3 is 1.85 bits per heavy atom. The Bertz CT molecular complexity index is 1590. The quantitative estimate of drug-likeness (QED) is 0.201. The molecule has 0 saturated heterocycles. The predicted octanol–water partition coefficient (Wildman–Crippen LogP) is 7.67. The number of pyridine rings is 1. The lowest BCUT2D eigenvalue weighted by Gasteiger charge is -2.18. The van der Waals surface area contributed by atoms with Crippen molar-refractivity contribution in [2.75, 3.05) is 6.79 Å². The van der Waals surface area contributed by atoms with Gasteiger partial charge in [-0.1, -0.05) is 80.5 Å². The zero-order valence-electron chi connectivity index (χ0n) is 25.2. The Hall–Kier alpha value is -4.00. The van der Waals surface area contributed by atoms with E-state index in [4.69, 9.17) is 9.47 Å². The van der Waals surface area contributed by atoms with E-state index < -0.39 is 0 Å². The van der Waals surface area contributed by atoms with Crippen molar-refractivity contribution < 1.29 is 9.47 Å². The highest BCUT2D eigenvalue weighted by atomic mass is 16.7. The Balaban J connectivity index is 0.000000139. The molecule has 0 amide bonds. The van der Waals surface area contributed by atoms with Crippen molar-refractivity contribution in [3.8, 4) is 11.5 Å². The second-order valence-electron chi connectivity index (χ2n) is 13.1. The molecule has 3 aromatic heterocycles.